The highest BCUT2D eigenvalue weighted by molar-refractivity contribution is 5.99. The second-order valence-corrected chi connectivity index (χ2v) is 5.62. The van der Waals surface area contributed by atoms with Crippen LogP contribution in [0.5, 0.6) is 0 Å². The second-order valence-electron chi connectivity index (χ2n) is 5.62. The molecular weight excluding hydrogens is 260 g/mol. The predicted octanol–water partition coefficient (Wildman–Crippen LogP) is 4.59. The summed E-state index contributed by atoms with van der Waals surface area (Å²) < 4.78 is 0. The van der Waals surface area contributed by atoms with Crippen LogP contribution in [0.25, 0.3) is 0 Å². The summed E-state index contributed by atoms with van der Waals surface area (Å²) in [6.07, 6.45) is 7.72. The van der Waals surface area contributed by atoms with Crippen LogP contribution in [-0.4, -0.2) is 11.6 Å². The first-order chi connectivity index (χ1) is 10.1. The Morgan fingerprint density at radius 1 is 1.14 bits per heavy atom. The average molecular weight is 288 g/mol. The van der Waals surface area contributed by atoms with Gasteiger partial charge in [0, 0.05) is 6.42 Å². The molecule has 1 amide bonds. The molecule has 21 heavy (non-hydrogen) atoms. The van der Waals surface area contributed by atoms with E-state index in [-0.39, 0.29) is 5.91 Å². The molecule has 0 bridgehead atoms. The van der Waals surface area contributed by atoms with E-state index in [1.807, 2.05) is 32.0 Å². The molecule has 0 saturated carbocycles. The lowest BCUT2D eigenvalue weighted by molar-refractivity contribution is -0.121. The first-order valence-corrected chi connectivity index (χ1v) is 8.03. The number of benzene rings is 1. The molecule has 0 saturated heterocycles. The fraction of sp³-hybridized carbons (Fsp3) is 0.556. The second kappa shape index (κ2) is 10.1. The van der Waals surface area contributed by atoms with Crippen molar-refractivity contribution < 1.29 is 4.79 Å². The highest BCUT2D eigenvalue weighted by Gasteiger charge is 2.01. The summed E-state index contributed by atoms with van der Waals surface area (Å²) in [7, 11) is 0. The van der Waals surface area contributed by atoms with Crippen molar-refractivity contribution in [3.05, 3.63) is 35.4 Å². The Morgan fingerprint density at radius 2 is 1.86 bits per heavy atom. The Kier molecular flexibility index (Phi) is 8.41. The molecular formula is C18H28N2O. The van der Waals surface area contributed by atoms with Gasteiger partial charge in [-0.15, -0.1) is 0 Å². The van der Waals surface area contributed by atoms with Crippen LogP contribution >= 0.6 is 0 Å². The Balaban J connectivity index is 2.27. The molecule has 1 aromatic rings. The van der Waals surface area contributed by atoms with Crippen LogP contribution in [0.15, 0.2) is 29.4 Å². The van der Waals surface area contributed by atoms with Gasteiger partial charge in [0.2, 0.25) is 5.91 Å². The van der Waals surface area contributed by atoms with Gasteiger partial charge >= 0.3 is 0 Å². The SMILES string of the molecule is CCCCCCCCC(=O)NN=C(C)c1cccc(C)c1. The molecule has 3 heteroatoms. The van der Waals surface area contributed by atoms with Gasteiger partial charge in [0.1, 0.15) is 0 Å². The molecule has 0 fully saturated rings. The molecule has 0 radical (unpaired) electrons. The van der Waals surface area contributed by atoms with Crippen molar-refractivity contribution in [1.82, 2.24) is 5.43 Å². The topological polar surface area (TPSA) is 41.5 Å². The van der Waals surface area contributed by atoms with Crippen molar-refractivity contribution in [3.8, 4) is 0 Å². The third-order valence-electron chi connectivity index (χ3n) is 3.54. The summed E-state index contributed by atoms with van der Waals surface area (Å²) in [6.45, 7) is 6.18. The van der Waals surface area contributed by atoms with Gasteiger partial charge in [0.25, 0.3) is 0 Å². The Hall–Kier alpha value is -1.64. The molecule has 0 aliphatic rings. The number of hydrogen-bond acceptors (Lipinski definition) is 2. The number of nitrogens with zero attached hydrogens (tertiary/aromatic N) is 1. The van der Waals surface area contributed by atoms with E-state index in [2.05, 4.69) is 23.5 Å². The fourth-order valence-corrected chi connectivity index (χ4v) is 2.20. The molecule has 1 aromatic carbocycles. The van der Waals surface area contributed by atoms with Gasteiger partial charge in [0.15, 0.2) is 0 Å². The zero-order valence-electron chi connectivity index (χ0n) is 13.6. The number of hydrazone groups is 1. The zero-order valence-corrected chi connectivity index (χ0v) is 13.6. The zero-order chi connectivity index (χ0) is 15.5. The molecule has 3 nitrogen and oxygen atoms in total. The molecule has 0 heterocycles. The number of aryl methyl sites for hydroxylation is 1. The summed E-state index contributed by atoms with van der Waals surface area (Å²) in [5, 5.41) is 4.18. The number of unbranched alkanes of at least 4 members (excludes halogenated alkanes) is 5. The van der Waals surface area contributed by atoms with Crippen LogP contribution in [0, 0.1) is 6.92 Å². The molecule has 0 aliphatic heterocycles. The number of carbonyl (C=O) groups is 1. The minimum atomic E-state index is 0.0116. The van der Waals surface area contributed by atoms with E-state index in [1.165, 1.54) is 31.2 Å². The van der Waals surface area contributed by atoms with Gasteiger partial charge in [0.05, 0.1) is 5.71 Å². The van der Waals surface area contributed by atoms with E-state index >= 15 is 0 Å². The van der Waals surface area contributed by atoms with Crippen LogP contribution in [0.1, 0.15) is 69.9 Å². The van der Waals surface area contributed by atoms with E-state index in [0.717, 1.165) is 24.1 Å². The summed E-state index contributed by atoms with van der Waals surface area (Å²) in [5.74, 6) is 0.0116. The molecule has 1 rings (SSSR count). The minimum Gasteiger partial charge on any atom is -0.273 e. The van der Waals surface area contributed by atoms with Gasteiger partial charge in [-0.1, -0.05) is 68.9 Å². The third-order valence-corrected chi connectivity index (χ3v) is 3.54. The van der Waals surface area contributed by atoms with Crippen molar-refractivity contribution in [1.29, 1.82) is 0 Å². The highest BCUT2D eigenvalue weighted by Crippen LogP contribution is 2.07. The molecule has 1 N–H and O–H groups in total. The maximum atomic E-state index is 11.7. The van der Waals surface area contributed by atoms with Crippen LogP contribution < -0.4 is 5.43 Å². The van der Waals surface area contributed by atoms with Gasteiger partial charge in [-0.05, 0) is 25.8 Å². The minimum absolute atomic E-state index is 0.0116. The summed E-state index contributed by atoms with van der Waals surface area (Å²) >= 11 is 0. The lowest BCUT2D eigenvalue weighted by Crippen LogP contribution is -2.18. The number of carbonyl (C=O) groups excluding carboxylic acids is 1. The van der Waals surface area contributed by atoms with Crippen molar-refractivity contribution in [3.63, 3.8) is 0 Å². The maximum Gasteiger partial charge on any atom is 0.240 e. The molecule has 0 unspecified atom stereocenters. The van der Waals surface area contributed by atoms with E-state index in [9.17, 15) is 4.79 Å². The molecule has 0 aliphatic carbocycles. The number of rotatable bonds is 9. The van der Waals surface area contributed by atoms with Crippen LogP contribution in [-0.2, 0) is 4.79 Å². The summed E-state index contributed by atoms with van der Waals surface area (Å²) in [6, 6.07) is 8.13. The first-order valence-electron chi connectivity index (χ1n) is 8.03. The van der Waals surface area contributed by atoms with Crippen LogP contribution in [0.2, 0.25) is 0 Å². The predicted molar refractivity (Wildman–Crippen MR) is 89.5 cm³/mol. The number of amides is 1. The molecule has 0 spiro atoms. The summed E-state index contributed by atoms with van der Waals surface area (Å²) in [4.78, 5) is 11.7. The average Bonchev–Trinajstić information content (AvgIpc) is 2.48. The normalized spacial score (nSPS) is 11.5. The lowest BCUT2D eigenvalue weighted by Gasteiger charge is -2.04. The standard InChI is InChI=1S/C18H28N2O/c1-4-5-6-7-8-9-13-18(21)20-19-16(3)17-12-10-11-15(2)14-17/h10-12,14H,4-9,13H2,1-3H3,(H,20,21). The van der Waals surface area contributed by atoms with Gasteiger partial charge in [-0.3, -0.25) is 4.79 Å². The highest BCUT2D eigenvalue weighted by atomic mass is 16.2. The van der Waals surface area contributed by atoms with Gasteiger partial charge < -0.3 is 0 Å². The molecule has 0 atom stereocenters. The van der Waals surface area contributed by atoms with Crippen LogP contribution in [0.4, 0.5) is 0 Å². The van der Waals surface area contributed by atoms with Gasteiger partial charge in [-0.25, -0.2) is 5.43 Å². The third kappa shape index (κ3) is 7.64. The van der Waals surface area contributed by atoms with E-state index in [1.54, 1.807) is 0 Å². The Bertz CT molecular complexity index is 466. The number of hydrogen-bond donors (Lipinski definition) is 1. The van der Waals surface area contributed by atoms with Crippen molar-refractivity contribution in [2.75, 3.05) is 0 Å². The van der Waals surface area contributed by atoms with E-state index < -0.39 is 0 Å². The largest absolute Gasteiger partial charge is 0.273 e. The van der Waals surface area contributed by atoms with E-state index in [4.69, 9.17) is 0 Å². The monoisotopic (exact) mass is 288 g/mol. The summed E-state index contributed by atoms with van der Waals surface area (Å²) in [5.41, 5.74) is 5.74. The first kappa shape index (κ1) is 17.4. The fourth-order valence-electron chi connectivity index (χ4n) is 2.20. The Labute approximate surface area is 128 Å². The quantitative estimate of drug-likeness (QED) is 0.403. The lowest BCUT2D eigenvalue weighted by atomic mass is 10.1. The molecule has 116 valence electrons. The van der Waals surface area contributed by atoms with E-state index in [0.29, 0.717) is 6.42 Å². The maximum absolute atomic E-state index is 11.7. The molecule has 0 aromatic heterocycles. The van der Waals surface area contributed by atoms with Gasteiger partial charge in [-0.2, -0.15) is 5.10 Å². The Morgan fingerprint density at radius 3 is 2.57 bits per heavy atom. The van der Waals surface area contributed by atoms with Crippen molar-refractivity contribution in [2.45, 2.75) is 65.7 Å². The number of nitrogens with one attached hydrogen (secondary N) is 1. The smallest absolute Gasteiger partial charge is 0.240 e. The van der Waals surface area contributed by atoms with Crippen LogP contribution in [0.3, 0.4) is 0 Å². The van der Waals surface area contributed by atoms with Crippen molar-refractivity contribution >= 4 is 11.6 Å². The van der Waals surface area contributed by atoms with Crippen molar-refractivity contribution in [2.24, 2.45) is 5.10 Å².